The van der Waals surface area contributed by atoms with Crippen LogP contribution >= 0.6 is 0 Å². The van der Waals surface area contributed by atoms with E-state index in [0.29, 0.717) is 0 Å². The summed E-state index contributed by atoms with van der Waals surface area (Å²) < 4.78 is 2.67. The summed E-state index contributed by atoms with van der Waals surface area (Å²) in [5, 5.41) is 2.70. The molecule has 0 atom stereocenters. The molecule has 0 spiro atoms. The van der Waals surface area contributed by atoms with Crippen molar-refractivity contribution in [2.24, 2.45) is 0 Å². The predicted molar refractivity (Wildman–Crippen MR) is 237 cm³/mol. The molecule has 9 rings (SSSR count). The summed E-state index contributed by atoms with van der Waals surface area (Å²) in [7, 11) is 0. The zero-order valence-electron chi connectivity index (χ0n) is 35.3. The Balaban J connectivity index is 1.37. The van der Waals surface area contributed by atoms with Crippen LogP contribution in [-0.2, 0) is 27.1 Å². The smallest absolute Gasteiger partial charge is 0.0582 e. The van der Waals surface area contributed by atoms with Crippen molar-refractivity contribution in [2.45, 2.75) is 117 Å². The number of hydrogen-bond acceptors (Lipinski definition) is 0. The minimum Gasteiger partial charge on any atom is -0.308 e. The fourth-order valence-corrected chi connectivity index (χ4v) is 9.56. The minimum atomic E-state index is -0.228. The molecule has 0 unspecified atom stereocenters. The first-order valence-electron chi connectivity index (χ1n) is 20.3. The molecule has 0 aliphatic carbocycles. The largest absolute Gasteiger partial charge is 0.308 e. The summed E-state index contributed by atoms with van der Waals surface area (Å²) in [6.45, 7) is 30.5. The molecule has 0 saturated heterocycles. The zero-order chi connectivity index (χ0) is 39.2. The first-order chi connectivity index (χ1) is 25.7. The molecule has 0 radical (unpaired) electrons. The van der Waals surface area contributed by atoms with Crippen molar-refractivity contribution in [3.05, 3.63) is 148 Å². The van der Waals surface area contributed by atoms with Crippen LogP contribution in [0, 0.1) is 0 Å². The van der Waals surface area contributed by atoms with Crippen LogP contribution < -0.4 is 0 Å². The van der Waals surface area contributed by atoms with Gasteiger partial charge in [0.1, 0.15) is 0 Å². The molecule has 2 aliphatic heterocycles. The van der Waals surface area contributed by atoms with Crippen LogP contribution in [0.2, 0.25) is 0 Å². The number of fused-ring (bicyclic) bond motifs is 1. The van der Waals surface area contributed by atoms with E-state index in [-0.39, 0.29) is 27.1 Å². The summed E-state index contributed by atoms with van der Waals surface area (Å²) in [6.07, 6.45) is 0. The average molecular weight is 720 g/mol. The van der Waals surface area contributed by atoms with Crippen LogP contribution in [0.4, 0.5) is 0 Å². The lowest BCUT2D eigenvalue weighted by Crippen LogP contribution is -2.33. The van der Waals surface area contributed by atoms with E-state index in [1.165, 1.54) is 99.8 Å². The van der Waals surface area contributed by atoms with Crippen LogP contribution in [0.1, 0.15) is 129 Å². The Labute approximate surface area is 329 Å². The summed E-state index contributed by atoms with van der Waals surface area (Å²) in [4.78, 5) is 0. The first kappa shape index (κ1) is 35.8. The predicted octanol–water partition coefficient (Wildman–Crippen LogP) is 15.0. The second kappa shape index (κ2) is 11.3. The topological polar surface area (TPSA) is 4.93 Å². The van der Waals surface area contributed by atoms with Gasteiger partial charge < -0.3 is 4.57 Å². The molecule has 0 amide bonds. The molecular weight excluding hydrogens is 663 g/mol. The van der Waals surface area contributed by atoms with Crippen LogP contribution in [0.25, 0.3) is 60.9 Å². The maximum absolute atomic E-state index is 2.67. The highest BCUT2D eigenvalue weighted by molar-refractivity contribution is 6.16. The molecule has 7 aromatic rings. The Bertz CT molecular complexity index is 2530. The van der Waals surface area contributed by atoms with E-state index in [0.717, 1.165) is 0 Å². The van der Waals surface area contributed by atoms with Gasteiger partial charge in [0.2, 0.25) is 0 Å². The van der Waals surface area contributed by atoms with Crippen molar-refractivity contribution in [2.75, 3.05) is 0 Å². The highest BCUT2D eigenvalue weighted by Gasteiger charge is 2.44. The lowest BCUT2D eigenvalue weighted by atomic mass is 9.67. The van der Waals surface area contributed by atoms with Gasteiger partial charge in [-0.1, -0.05) is 163 Å². The Kier molecular flexibility index (Phi) is 7.39. The molecule has 0 fully saturated rings. The van der Waals surface area contributed by atoms with E-state index in [1.807, 2.05) is 0 Å². The third-order valence-corrected chi connectivity index (χ3v) is 13.2. The van der Waals surface area contributed by atoms with E-state index < -0.39 is 0 Å². The summed E-state index contributed by atoms with van der Waals surface area (Å²) >= 11 is 0. The van der Waals surface area contributed by atoms with Gasteiger partial charge in [-0.25, -0.2) is 0 Å². The molecule has 55 heavy (non-hydrogen) atoms. The second-order valence-corrected chi connectivity index (χ2v) is 20.8. The quantitative estimate of drug-likeness (QED) is 0.171. The highest BCUT2D eigenvalue weighted by Crippen LogP contribution is 2.57. The summed E-state index contributed by atoms with van der Waals surface area (Å²) in [6, 6.07) is 43.0. The van der Waals surface area contributed by atoms with Crippen LogP contribution in [0.3, 0.4) is 0 Å². The van der Waals surface area contributed by atoms with E-state index in [9.17, 15) is 0 Å². The Morgan fingerprint density at radius 3 is 0.909 bits per heavy atom. The van der Waals surface area contributed by atoms with Crippen LogP contribution in [0.15, 0.2) is 109 Å². The maximum atomic E-state index is 2.67. The van der Waals surface area contributed by atoms with Crippen LogP contribution in [0.5, 0.6) is 0 Å². The SMILES string of the molecule is CC(C)(C)c1ccc(-c2cc3c4c(c2)C(C)(C)c2cc(-c5ccc(C(C)(C)C)cc5)cc5c6cc(-c7ccc(C(C)(C)C)cc7)cc(c6n-4c25)C3(C)C)cc1. The molecule has 1 aromatic heterocycles. The molecule has 278 valence electrons. The van der Waals surface area contributed by atoms with Gasteiger partial charge in [-0.15, -0.1) is 0 Å². The molecule has 2 aliphatic rings. The molecule has 1 heteroatoms. The van der Waals surface area contributed by atoms with Gasteiger partial charge in [0.15, 0.2) is 0 Å². The van der Waals surface area contributed by atoms with Crippen molar-refractivity contribution in [3.8, 4) is 39.1 Å². The van der Waals surface area contributed by atoms with Crippen molar-refractivity contribution < 1.29 is 0 Å². The summed E-state index contributed by atoms with van der Waals surface area (Å²) in [5.41, 5.74) is 21.4. The minimum absolute atomic E-state index is 0.107. The lowest BCUT2D eigenvalue weighted by molar-refractivity contribution is 0.590. The van der Waals surface area contributed by atoms with Gasteiger partial charge in [-0.05, 0) is 125 Å². The van der Waals surface area contributed by atoms with Crippen LogP contribution in [-0.4, -0.2) is 4.57 Å². The lowest BCUT2D eigenvalue weighted by Gasteiger charge is -2.42. The van der Waals surface area contributed by atoms with Gasteiger partial charge in [0.05, 0.1) is 16.7 Å². The van der Waals surface area contributed by atoms with Gasteiger partial charge >= 0.3 is 0 Å². The Hall–Kier alpha value is -4.88. The maximum Gasteiger partial charge on any atom is 0.0582 e. The van der Waals surface area contributed by atoms with E-state index in [1.54, 1.807) is 0 Å². The molecule has 0 N–H and O–H groups in total. The fraction of sp³-hybridized carbons (Fsp3) is 0.333. The van der Waals surface area contributed by atoms with Crippen molar-refractivity contribution in [3.63, 3.8) is 0 Å². The third kappa shape index (κ3) is 5.32. The molecular formula is C54H57N. The molecule has 6 aromatic carbocycles. The third-order valence-electron chi connectivity index (χ3n) is 13.2. The number of rotatable bonds is 3. The Morgan fingerprint density at radius 2 is 0.618 bits per heavy atom. The molecule has 0 bridgehead atoms. The van der Waals surface area contributed by atoms with Gasteiger partial charge in [-0.3, -0.25) is 0 Å². The second-order valence-electron chi connectivity index (χ2n) is 20.8. The molecule has 1 nitrogen and oxygen atoms in total. The average Bonchev–Trinajstić information content (AvgIpc) is 3.46. The molecule has 0 saturated carbocycles. The number of aromatic nitrogens is 1. The van der Waals surface area contributed by atoms with E-state index in [4.69, 9.17) is 0 Å². The summed E-state index contributed by atoms with van der Waals surface area (Å²) in [5.74, 6) is 0. The first-order valence-corrected chi connectivity index (χ1v) is 20.3. The standard InChI is InChI=1S/C54H57N/c1-50(2,3)38-20-14-32(15-21-38)35-26-41-42-27-36(33-16-22-39(23-17-33)51(4,5)6)29-44-48(42)55-47(41)43(28-35)53(10,11)45-30-37(31-46(49(45)55)54(44,12)13)34-18-24-40(25-19-34)52(7,8)9/h14-31H,1-13H3. The number of hydrogen-bond donors (Lipinski definition) is 0. The van der Waals surface area contributed by atoms with Crippen molar-refractivity contribution >= 4 is 21.8 Å². The van der Waals surface area contributed by atoms with Gasteiger partial charge in [0.25, 0.3) is 0 Å². The zero-order valence-corrected chi connectivity index (χ0v) is 35.3. The monoisotopic (exact) mass is 719 g/mol. The Morgan fingerprint density at radius 1 is 0.345 bits per heavy atom. The van der Waals surface area contributed by atoms with Crippen molar-refractivity contribution in [1.82, 2.24) is 4.57 Å². The fourth-order valence-electron chi connectivity index (χ4n) is 9.56. The van der Waals surface area contributed by atoms with Crippen molar-refractivity contribution in [1.29, 1.82) is 0 Å². The number of benzene rings is 6. The van der Waals surface area contributed by atoms with Gasteiger partial charge in [0, 0.05) is 21.6 Å². The normalized spacial score (nSPS) is 15.7. The highest BCUT2D eigenvalue weighted by atomic mass is 15.0. The van der Waals surface area contributed by atoms with E-state index >= 15 is 0 Å². The number of nitrogens with zero attached hydrogens (tertiary/aromatic N) is 1. The van der Waals surface area contributed by atoms with E-state index in [2.05, 4.69) is 204 Å². The van der Waals surface area contributed by atoms with Gasteiger partial charge in [-0.2, -0.15) is 0 Å². The molecule has 3 heterocycles.